The molecule has 0 aromatic heterocycles. The standard InChI is InChI=1S/C18H26N4O5S/c1-11(2)8-16(21-18(25)15(20-10-23)6-7-28-3)17(24)13-9-12(22(26)27)4-5-14(13)19/h4-5,9-11,15-16H,6-8,19H2,1-3H3,(H,20,23)(H,21,25). The van der Waals surface area contributed by atoms with E-state index in [1.165, 1.54) is 23.9 Å². The number of hydrogen-bond donors (Lipinski definition) is 3. The molecule has 10 heteroatoms. The first-order valence-corrected chi connectivity index (χ1v) is 10.2. The number of hydrogen-bond acceptors (Lipinski definition) is 7. The van der Waals surface area contributed by atoms with Crippen molar-refractivity contribution >= 4 is 41.2 Å². The number of thioether (sulfide) groups is 1. The molecule has 0 heterocycles. The fraction of sp³-hybridized carbons (Fsp3) is 0.500. The number of nitrogens with zero attached hydrogens (tertiary/aromatic N) is 1. The molecule has 0 saturated carbocycles. The van der Waals surface area contributed by atoms with Crippen LogP contribution in [0.15, 0.2) is 18.2 Å². The normalized spacial score (nSPS) is 12.9. The van der Waals surface area contributed by atoms with E-state index >= 15 is 0 Å². The van der Waals surface area contributed by atoms with Gasteiger partial charge in [-0.2, -0.15) is 11.8 Å². The van der Waals surface area contributed by atoms with Gasteiger partial charge in [0.05, 0.1) is 11.0 Å². The van der Waals surface area contributed by atoms with Gasteiger partial charge in [-0.05, 0) is 36.8 Å². The average Bonchev–Trinajstić information content (AvgIpc) is 2.63. The van der Waals surface area contributed by atoms with Gasteiger partial charge in [0.1, 0.15) is 6.04 Å². The van der Waals surface area contributed by atoms with Crippen molar-refractivity contribution in [1.82, 2.24) is 10.6 Å². The average molecular weight is 410 g/mol. The van der Waals surface area contributed by atoms with E-state index in [-0.39, 0.29) is 22.9 Å². The van der Waals surface area contributed by atoms with Crippen LogP contribution in [0.2, 0.25) is 0 Å². The summed E-state index contributed by atoms with van der Waals surface area (Å²) in [6.45, 7) is 3.77. The van der Waals surface area contributed by atoms with Crippen LogP contribution in [0.4, 0.5) is 11.4 Å². The number of carbonyl (C=O) groups excluding carboxylic acids is 3. The van der Waals surface area contributed by atoms with E-state index in [9.17, 15) is 24.5 Å². The van der Waals surface area contributed by atoms with E-state index in [1.54, 1.807) is 0 Å². The quantitative estimate of drug-likeness (QED) is 0.156. The minimum atomic E-state index is -0.915. The van der Waals surface area contributed by atoms with E-state index in [1.807, 2.05) is 20.1 Å². The molecule has 9 nitrogen and oxygen atoms in total. The molecule has 0 spiro atoms. The number of nitrogen functional groups attached to an aromatic ring is 1. The molecule has 2 atom stereocenters. The summed E-state index contributed by atoms with van der Waals surface area (Å²) < 4.78 is 0. The van der Waals surface area contributed by atoms with Gasteiger partial charge in [0.25, 0.3) is 5.69 Å². The highest BCUT2D eigenvalue weighted by molar-refractivity contribution is 7.98. The van der Waals surface area contributed by atoms with Crippen molar-refractivity contribution in [3.63, 3.8) is 0 Å². The second kappa shape index (κ2) is 11.3. The Bertz CT molecular complexity index is 726. The highest BCUT2D eigenvalue weighted by Gasteiger charge is 2.28. The van der Waals surface area contributed by atoms with Gasteiger partial charge < -0.3 is 16.4 Å². The number of carbonyl (C=O) groups is 3. The molecule has 2 amide bonds. The van der Waals surface area contributed by atoms with Crippen LogP contribution in [-0.2, 0) is 9.59 Å². The van der Waals surface area contributed by atoms with Gasteiger partial charge in [0, 0.05) is 23.4 Å². The zero-order valence-electron chi connectivity index (χ0n) is 16.1. The molecule has 154 valence electrons. The number of Topliss-reactive ketones (excluding diaryl/α,β-unsaturated/α-hetero) is 1. The molecule has 0 aliphatic carbocycles. The first kappa shape index (κ1) is 23.4. The number of nitro groups is 1. The first-order chi connectivity index (χ1) is 13.2. The number of rotatable bonds is 12. The van der Waals surface area contributed by atoms with Crippen molar-refractivity contribution in [2.45, 2.75) is 38.8 Å². The molecule has 0 radical (unpaired) electrons. The Morgan fingerprint density at radius 1 is 1.32 bits per heavy atom. The predicted molar refractivity (Wildman–Crippen MR) is 109 cm³/mol. The van der Waals surface area contributed by atoms with Crippen LogP contribution in [0.25, 0.3) is 0 Å². The van der Waals surface area contributed by atoms with Crippen LogP contribution in [0.5, 0.6) is 0 Å². The summed E-state index contributed by atoms with van der Waals surface area (Å²) in [6, 6.07) is 1.95. The van der Waals surface area contributed by atoms with Gasteiger partial charge in [-0.1, -0.05) is 13.8 Å². The van der Waals surface area contributed by atoms with Gasteiger partial charge in [-0.15, -0.1) is 0 Å². The van der Waals surface area contributed by atoms with Crippen LogP contribution in [0.3, 0.4) is 0 Å². The lowest BCUT2D eigenvalue weighted by atomic mass is 9.94. The SMILES string of the molecule is CSCCC(NC=O)C(=O)NC(CC(C)C)C(=O)c1cc([N+](=O)[O-])ccc1N. The summed E-state index contributed by atoms with van der Waals surface area (Å²) in [6.07, 6.45) is 3.06. The molecule has 28 heavy (non-hydrogen) atoms. The monoisotopic (exact) mass is 410 g/mol. The molecule has 0 aliphatic heterocycles. The fourth-order valence-corrected chi connectivity index (χ4v) is 3.11. The summed E-state index contributed by atoms with van der Waals surface area (Å²) >= 11 is 1.53. The zero-order chi connectivity index (χ0) is 21.3. The molecule has 4 N–H and O–H groups in total. The van der Waals surface area contributed by atoms with E-state index in [2.05, 4.69) is 10.6 Å². The van der Waals surface area contributed by atoms with Gasteiger partial charge in [-0.3, -0.25) is 24.5 Å². The first-order valence-electron chi connectivity index (χ1n) is 8.78. The Balaban J connectivity index is 3.11. The molecule has 0 fully saturated rings. The Hall–Kier alpha value is -2.62. The van der Waals surface area contributed by atoms with Crippen molar-refractivity contribution in [2.75, 3.05) is 17.7 Å². The van der Waals surface area contributed by atoms with E-state index in [0.717, 1.165) is 6.07 Å². The number of anilines is 1. The number of ketones is 1. The molecule has 0 aliphatic rings. The number of nitrogens with one attached hydrogen (secondary N) is 2. The molecule has 1 aromatic carbocycles. The molecule has 2 unspecified atom stereocenters. The van der Waals surface area contributed by atoms with Crippen molar-refractivity contribution < 1.29 is 19.3 Å². The molecular weight excluding hydrogens is 384 g/mol. The Morgan fingerprint density at radius 2 is 2.00 bits per heavy atom. The molecule has 1 aromatic rings. The van der Waals surface area contributed by atoms with Gasteiger partial charge >= 0.3 is 0 Å². The minimum absolute atomic E-state index is 0.0100. The topological polar surface area (TPSA) is 144 Å². The largest absolute Gasteiger partial charge is 0.398 e. The van der Waals surface area contributed by atoms with Gasteiger partial charge in [-0.25, -0.2) is 0 Å². The van der Waals surface area contributed by atoms with Crippen molar-refractivity contribution in [1.29, 1.82) is 0 Å². The molecule has 0 saturated heterocycles. The third-order valence-electron chi connectivity index (χ3n) is 4.05. The lowest BCUT2D eigenvalue weighted by Crippen LogP contribution is -2.50. The van der Waals surface area contributed by atoms with E-state index < -0.39 is 28.7 Å². The summed E-state index contributed by atoms with van der Waals surface area (Å²) in [5.41, 5.74) is 5.68. The highest BCUT2D eigenvalue weighted by Crippen LogP contribution is 2.22. The summed E-state index contributed by atoms with van der Waals surface area (Å²) in [5, 5.41) is 16.1. The Labute approximate surface area is 168 Å². The third kappa shape index (κ3) is 6.84. The number of benzene rings is 1. The van der Waals surface area contributed by atoms with Gasteiger partial charge in [0.15, 0.2) is 5.78 Å². The number of nitrogens with two attached hydrogens (primary N) is 1. The third-order valence-corrected chi connectivity index (χ3v) is 4.69. The lowest BCUT2D eigenvalue weighted by Gasteiger charge is -2.23. The maximum Gasteiger partial charge on any atom is 0.270 e. The van der Waals surface area contributed by atoms with E-state index in [0.29, 0.717) is 25.0 Å². The zero-order valence-corrected chi connectivity index (χ0v) is 17.0. The van der Waals surface area contributed by atoms with Crippen molar-refractivity contribution in [3.05, 3.63) is 33.9 Å². The molecular formula is C18H26N4O5S. The van der Waals surface area contributed by atoms with E-state index in [4.69, 9.17) is 5.73 Å². The number of nitro benzene ring substituents is 1. The summed E-state index contributed by atoms with van der Waals surface area (Å²) in [7, 11) is 0. The molecule has 1 rings (SSSR count). The highest BCUT2D eigenvalue weighted by atomic mass is 32.2. The minimum Gasteiger partial charge on any atom is -0.398 e. The van der Waals surface area contributed by atoms with Crippen molar-refractivity contribution in [3.8, 4) is 0 Å². The Kier molecular flexibility index (Phi) is 9.43. The lowest BCUT2D eigenvalue weighted by molar-refractivity contribution is -0.384. The van der Waals surface area contributed by atoms with Crippen LogP contribution < -0.4 is 16.4 Å². The maximum absolute atomic E-state index is 13.0. The maximum atomic E-state index is 13.0. The Morgan fingerprint density at radius 3 is 2.54 bits per heavy atom. The van der Waals surface area contributed by atoms with Crippen LogP contribution >= 0.6 is 11.8 Å². The summed E-state index contributed by atoms with van der Waals surface area (Å²) in [4.78, 5) is 46.8. The summed E-state index contributed by atoms with van der Waals surface area (Å²) in [5.74, 6) is -0.264. The van der Waals surface area contributed by atoms with Crippen LogP contribution in [-0.4, -0.2) is 47.1 Å². The fourth-order valence-electron chi connectivity index (χ4n) is 2.64. The smallest absolute Gasteiger partial charge is 0.270 e. The second-order valence-corrected chi connectivity index (χ2v) is 7.69. The van der Waals surface area contributed by atoms with Crippen LogP contribution in [0.1, 0.15) is 37.0 Å². The predicted octanol–water partition coefficient (Wildman–Crippen LogP) is 1.76. The van der Waals surface area contributed by atoms with Gasteiger partial charge in [0.2, 0.25) is 12.3 Å². The molecule has 0 bridgehead atoms. The second-order valence-electron chi connectivity index (χ2n) is 6.70. The number of amides is 2. The number of non-ortho nitro benzene ring substituents is 1. The van der Waals surface area contributed by atoms with Crippen molar-refractivity contribution in [2.24, 2.45) is 5.92 Å². The van der Waals surface area contributed by atoms with Crippen LogP contribution in [0, 0.1) is 16.0 Å².